The number of rotatable bonds is 3. The number of nitrogens with zero attached hydrogens (tertiary/aromatic N) is 1. The molecule has 6 nitrogen and oxygen atoms in total. The number of carbonyl (C=O) groups excluding carboxylic acids is 1. The van der Waals surface area contributed by atoms with Gasteiger partial charge in [0.25, 0.3) is 0 Å². The van der Waals surface area contributed by atoms with Gasteiger partial charge in [0, 0.05) is 19.1 Å². The number of anilines is 1. The van der Waals surface area contributed by atoms with Crippen molar-refractivity contribution in [2.45, 2.75) is 45.3 Å². The number of carboxylic acids is 1. The summed E-state index contributed by atoms with van der Waals surface area (Å²) in [4.78, 5) is 25.1. The highest BCUT2D eigenvalue weighted by Crippen LogP contribution is 2.27. The van der Waals surface area contributed by atoms with Crippen LogP contribution in [0.4, 0.5) is 10.5 Å². The van der Waals surface area contributed by atoms with Crippen molar-refractivity contribution < 1.29 is 19.4 Å². The Morgan fingerprint density at radius 2 is 1.92 bits per heavy atom. The molecule has 0 bridgehead atoms. The lowest BCUT2D eigenvalue weighted by molar-refractivity contribution is 0.0210. The number of ether oxygens (including phenoxy) is 1. The minimum atomic E-state index is -1.06. The van der Waals surface area contributed by atoms with E-state index < -0.39 is 11.6 Å². The van der Waals surface area contributed by atoms with Crippen LogP contribution in [-0.2, 0) is 4.74 Å². The minimum Gasteiger partial charge on any atom is -0.478 e. The number of hydrogen-bond acceptors (Lipinski definition) is 4. The van der Waals surface area contributed by atoms with E-state index in [1.54, 1.807) is 23.1 Å². The van der Waals surface area contributed by atoms with Crippen LogP contribution in [-0.4, -0.2) is 46.8 Å². The van der Waals surface area contributed by atoms with Crippen LogP contribution < -0.4 is 5.32 Å². The number of halogens is 1. The molecule has 0 aromatic heterocycles. The Hall–Kier alpha value is -1.95. The molecule has 2 rings (SSSR count). The first-order valence-electron chi connectivity index (χ1n) is 7.93. The number of amides is 1. The van der Waals surface area contributed by atoms with E-state index in [2.05, 4.69) is 5.32 Å². The molecule has 0 spiro atoms. The largest absolute Gasteiger partial charge is 0.478 e. The smallest absolute Gasteiger partial charge is 0.410 e. The third-order valence-corrected chi connectivity index (χ3v) is 4.05. The Morgan fingerprint density at radius 1 is 1.29 bits per heavy atom. The summed E-state index contributed by atoms with van der Waals surface area (Å²) in [6.45, 7) is 6.65. The van der Waals surface area contributed by atoms with Gasteiger partial charge in [0.2, 0.25) is 0 Å². The van der Waals surface area contributed by atoms with Gasteiger partial charge in [-0.15, -0.1) is 0 Å². The molecule has 1 heterocycles. The first kappa shape index (κ1) is 18.4. The average molecular weight is 355 g/mol. The van der Waals surface area contributed by atoms with Crippen molar-refractivity contribution in [1.82, 2.24) is 4.90 Å². The Bertz CT molecular complexity index is 620. The van der Waals surface area contributed by atoms with Gasteiger partial charge < -0.3 is 20.1 Å². The first-order chi connectivity index (χ1) is 11.2. The fraction of sp³-hybridized carbons (Fsp3) is 0.529. The number of hydrogen-bond donors (Lipinski definition) is 2. The topological polar surface area (TPSA) is 78.9 Å². The van der Waals surface area contributed by atoms with E-state index in [9.17, 15) is 14.7 Å². The molecular formula is C17H23ClN2O4. The van der Waals surface area contributed by atoms with Gasteiger partial charge in [-0.2, -0.15) is 0 Å². The quantitative estimate of drug-likeness (QED) is 0.861. The molecule has 24 heavy (non-hydrogen) atoms. The Morgan fingerprint density at radius 3 is 2.46 bits per heavy atom. The molecule has 1 amide bonds. The predicted octanol–water partition coefficient (Wildman–Crippen LogP) is 3.85. The molecule has 1 aromatic rings. The van der Waals surface area contributed by atoms with Crippen LogP contribution in [0.15, 0.2) is 18.2 Å². The number of carboxylic acid groups (broad SMARTS) is 1. The molecule has 0 atom stereocenters. The Balaban J connectivity index is 1.96. The van der Waals surface area contributed by atoms with Gasteiger partial charge >= 0.3 is 12.1 Å². The lowest BCUT2D eigenvalue weighted by Crippen LogP contribution is -2.44. The average Bonchev–Trinajstić information content (AvgIpc) is 2.45. The summed E-state index contributed by atoms with van der Waals surface area (Å²) in [7, 11) is 0. The van der Waals surface area contributed by atoms with Gasteiger partial charge in [-0.3, -0.25) is 0 Å². The lowest BCUT2D eigenvalue weighted by atomic mass is 10.0. The van der Waals surface area contributed by atoms with E-state index in [0.717, 1.165) is 0 Å². The van der Waals surface area contributed by atoms with E-state index in [-0.39, 0.29) is 22.7 Å². The molecule has 0 saturated carbocycles. The molecule has 1 fully saturated rings. The summed E-state index contributed by atoms with van der Waals surface area (Å²) in [5.41, 5.74) is 0.0723. The van der Waals surface area contributed by atoms with E-state index >= 15 is 0 Å². The van der Waals surface area contributed by atoms with Gasteiger partial charge in [0.1, 0.15) is 11.2 Å². The maximum absolute atomic E-state index is 12.1. The molecule has 0 radical (unpaired) electrons. The number of likely N-dealkylation sites (tertiary alicyclic amines) is 1. The Labute approximate surface area is 146 Å². The molecule has 1 aliphatic rings. The number of piperidine rings is 1. The second-order valence-corrected chi connectivity index (χ2v) is 7.26. The highest BCUT2D eigenvalue weighted by Gasteiger charge is 2.27. The lowest BCUT2D eigenvalue weighted by Gasteiger charge is -2.34. The molecule has 0 unspecified atom stereocenters. The summed E-state index contributed by atoms with van der Waals surface area (Å²) >= 11 is 5.98. The summed E-state index contributed by atoms with van der Waals surface area (Å²) < 4.78 is 5.37. The highest BCUT2D eigenvalue weighted by atomic mass is 35.5. The molecule has 0 aliphatic carbocycles. The van der Waals surface area contributed by atoms with E-state index in [0.29, 0.717) is 31.6 Å². The van der Waals surface area contributed by atoms with Crippen molar-refractivity contribution in [2.75, 3.05) is 18.4 Å². The normalized spacial score (nSPS) is 15.9. The van der Waals surface area contributed by atoms with Crippen LogP contribution in [0.2, 0.25) is 5.02 Å². The first-order valence-corrected chi connectivity index (χ1v) is 8.31. The van der Waals surface area contributed by atoms with Crippen molar-refractivity contribution in [2.24, 2.45) is 0 Å². The minimum absolute atomic E-state index is 0.0775. The van der Waals surface area contributed by atoms with Gasteiger partial charge in [-0.25, -0.2) is 9.59 Å². The van der Waals surface area contributed by atoms with Crippen molar-refractivity contribution >= 4 is 29.4 Å². The van der Waals surface area contributed by atoms with Crippen molar-refractivity contribution in [1.29, 1.82) is 0 Å². The fourth-order valence-electron chi connectivity index (χ4n) is 2.61. The summed E-state index contributed by atoms with van der Waals surface area (Å²) in [6, 6.07) is 5.06. The fourth-order valence-corrected chi connectivity index (χ4v) is 2.87. The van der Waals surface area contributed by atoms with Crippen LogP contribution in [0.5, 0.6) is 0 Å². The maximum atomic E-state index is 12.1. The number of benzene rings is 1. The van der Waals surface area contributed by atoms with Crippen LogP contribution in [0.25, 0.3) is 0 Å². The second kappa shape index (κ2) is 7.30. The number of aromatic carboxylic acids is 1. The zero-order chi connectivity index (χ0) is 17.9. The van der Waals surface area contributed by atoms with Crippen LogP contribution in [0, 0.1) is 0 Å². The van der Waals surface area contributed by atoms with E-state index in [4.69, 9.17) is 16.3 Å². The highest BCUT2D eigenvalue weighted by molar-refractivity contribution is 6.34. The zero-order valence-electron chi connectivity index (χ0n) is 14.1. The van der Waals surface area contributed by atoms with Crippen LogP contribution >= 0.6 is 11.6 Å². The molecule has 132 valence electrons. The van der Waals surface area contributed by atoms with Crippen LogP contribution in [0.1, 0.15) is 44.0 Å². The summed E-state index contributed by atoms with van der Waals surface area (Å²) in [6.07, 6.45) is 1.12. The number of carbonyl (C=O) groups is 2. The molecule has 1 aromatic carbocycles. The van der Waals surface area contributed by atoms with Gasteiger partial charge in [0.05, 0.1) is 10.7 Å². The SMILES string of the molecule is CC(C)(C)OC(=O)N1CCC(Nc2cccc(Cl)c2C(=O)O)CC1. The molecule has 2 N–H and O–H groups in total. The van der Waals surface area contributed by atoms with Crippen molar-refractivity contribution in [3.8, 4) is 0 Å². The standard InChI is InChI=1S/C17H23ClN2O4/c1-17(2,3)24-16(23)20-9-7-11(8-10-20)19-13-6-4-5-12(18)14(13)15(21)22/h4-6,11,19H,7-10H2,1-3H3,(H,21,22). The second-order valence-electron chi connectivity index (χ2n) is 6.85. The number of nitrogens with one attached hydrogen (secondary N) is 1. The maximum Gasteiger partial charge on any atom is 0.410 e. The van der Waals surface area contributed by atoms with Crippen LogP contribution in [0.3, 0.4) is 0 Å². The monoisotopic (exact) mass is 354 g/mol. The Kier molecular flexibility index (Phi) is 5.59. The molecule has 1 saturated heterocycles. The molecule has 7 heteroatoms. The molecule has 1 aliphatic heterocycles. The zero-order valence-corrected chi connectivity index (χ0v) is 14.9. The van der Waals surface area contributed by atoms with E-state index in [1.165, 1.54) is 0 Å². The van der Waals surface area contributed by atoms with Gasteiger partial charge in [0.15, 0.2) is 0 Å². The molecular weight excluding hydrogens is 332 g/mol. The third-order valence-electron chi connectivity index (χ3n) is 3.73. The van der Waals surface area contributed by atoms with Gasteiger partial charge in [-0.1, -0.05) is 17.7 Å². The van der Waals surface area contributed by atoms with Gasteiger partial charge in [-0.05, 0) is 45.7 Å². The predicted molar refractivity (Wildman–Crippen MR) is 92.9 cm³/mol. The van der Waals surface area contributed by atoms with E-state index in [1.807, 2.05) is 20.8 Å². The van der Waals surface area contributed by atoms with Crippen molar-refractivity contribution in [3.63, 3.8) is 0 Å². The third kappa shape index (κ3) is 4.77. The summed E-state index contributed by atoms with van der Waals surface area (Å²) in [5, 5.41) is 12.7. The summed E-state index contributed by atoms with van der Waals surface area (Å²) in [5.74, 6) is -1.06. The van der Waals surface area contributed by atoms with Crippen molar-refractivity contribution in [3.05, 3.63) is 28.8 Å².